The van der Waals surface area contributed by atoms with E-state index in [0.29, 0.717) is 24.2 Å². The maximum Gasteiger partial charge on any atom is 0.278 e. The number of hydrogen-bond acceptors (Lipinski definition) is 5. The van der Waals surface area contributed by atoms with E-state index >= 15 is 0 Å². The van der Waals surface area contributed by atoms with E-state index in [-0.39, 0.29) is 11.8 Å². The van der Waals surface area contributed by atoms with Crippen LogP contribution < -0.4 is 10.1 Å². The van der Waals surface area contributed by atoms with Gasteiger partial charge >= 0.3 is 0 Å². The number of methoxy groups -OCH3 is 1. The summed E-state index contributed by atoms with van der Waals surface area (Å²) < 4.78 is 5.19. The van der Waals surface area contributed by atoms with Gasteiger partial charge in [-0.15, -0.1) is 11.3 Å². The lowest BCUT2D eigenvalue weighted by Crippen LogP contribution is -2.34. The Hall–Kier alpha value is -3.38. The van der Waals surface area contributed by atoms with Gasteiger partial charge in [-0.2, -0.15) is 0 Å². The molecule has 2 aromatic carbocycles. The highest BCUT2D eigenvalue weighted by Crippen LogP contribution is 2.33. The Balaban J connectivity index is 1.61. The van der Waals surface area contributed by atoms with Crippen molar-refractivity contribution in [2.24, 2.45) is 0 Å². The van der Waals surface area contributed by atoms with E-state index in [1.54, 1.807) is 7.11 Å². The Morgan fingerprint density at radius 3 is 2.45 bits per heavy atom. The number of nitrogens with one attached hydrogen (secondary N) is 1. The lowest BCUT2D eigenvalue weighted by Gasteiger charge is -2.16. The van der Waals surface area contributed by atoms with Crippen LogP contribution in [0.5, 0.6) is 5.75 Å². The van der Waals surface area contributed by atoms with Gasteiger partial charge in [0, 0.05) is 17.1 Å². The molecule has 2 heterocycles. The van der Waals surface area contributed by atoms with Crippen molar-refractivity contribution < 1.29 is 14.3 Å². The molecule has 1 aromatic heterocycles. The van der Waals surface area contributed by atoms with Crippen LogP contribution in [0.1, 0.15) is 21.6 Å². The SMILES string of the molecule is COc1ccc(CCN2C(=O)C(Nc3cc(C)ccc3C)=C(c3cccs3)C2=O)cc1. The zero-order chi connectivity index (χ0) is 22.0. The highest BCUT2D eigenvalue weighted by Gasteiger charge is 2.39. The number of nitrogens with zero attached hydrogens (tertiary/aromatic N) is 1. The van der Waals surface area contributed by atoms with Crippen molar-refractivity contribution in [3.05, 3.63) is 87.2 Å². The fourth-order valence-electron chi connectivity index (χ4n) is 3.58. The Morgan fingerprint density at radius 2 is 1.77 bits per heavy atom. The number of carbonyl (C=O) groups excluding carboxylic acids is 2. The van der Waals surface area contributed by atoms with Crippen molar-refractivity contribution in [1.82, 2.24) is 4.90 Å². The summed E-state index contributed by atoms with van der Waals surface area (Å²) in [6.07, 6.45) is 0.579. The van der Waals surface area contributed by atoms with Gasteiger partial charge in [-0.1, -0.05) is 30.3 Å². The number of thiophene rings is 1. The second-order valence-electron chi connectivity index (χ2n) is 7.53. The van der Waals surface area contributed by atoms with Crippen molar-refractivity contribution in [2.75, 3.05) is 19.0 Å². The van der Waals surface area contributed by atoms with Gasteiger partial charge in [0.25, 0.3) is 11.8 Å². The molecule has 0 spiro atoms. The molecule has 0 fully saturated rings. The van der Waals surface area contributed by atoms with Gasteiger partial charge in [0.1, 0.15) is 11.4 Å². The van der Waals surface area contributed by atoms with Crippen molar-refractivity contribution in [1.29, 1.82) is 0 Å². The molecule has 5 nitrogen and oxygen atoms in total. The standard InChI is InChI=1S/C25H24N2O3S/c1-16-6-7-17(2)20(15-16)26-23-22(21-5-4-14-31-21)24(28)27(25(23)29)13-12-18-8-10-19(30-3)11-9-18/h4-11,14-15,26H,12-13H2,1-3H3. The lowest BCUT2D eigenvalue weighted by atomic mass is 10.1. The first-order chi connectivity index (χ1) is 15.0. The van der Waals surface area contributed by atoms with Crippen molar-refractivity contribution in [3.8, 4) is 5.75 Å². The third-order valence-electron chi connectivity index (χ3n) is 5.37. The fourth-order valence-corrected chi connectivity index (χ4v) is 4.35. The first kappa shape index (κ1) is 20.9. The van der Waals surface area contributed by atoms with E-state index in [2.05, 4.69) is 5.32 Å². The molecule has 0 aliphatic carbocycles. The Kier molecular flexibility index (Phi) is 5.91. The molecule has 3 aromatic rings. The lowest BCUT2D eigenvalue weighted by molar-refractivity contribution is -0.136. The molecule has 2 amide bonds. The summed E-state index contributed by atoms with van der Waals surface area (Å²) in [6, 6.07) is 17.5. The number of benzene rings is 2. The number of ether oxygens (including phenoxy) is 1. The number of hydrogen-bond donors (Lipinski definition) is 1. The Morgan fingerprint density at radius 1 is 1.00 bits per heavy atom. The summed E-state index contributed by atoms with van der Waals surface area (Å²) in [4.78, 5) is 28.7. The van der Waals surface area contributed by atoms with E-state index in [9.17, 15) is 9.59 Å². The molecule has 0 radical (unpaired) electrons. The molecule has 31 heavy (non-hydrogen) atoms. The number of anilines is 1. The van der Waals surface area contributed by atoms with Gasteiger partial charge < -0.3 is 10.1 Å². The topological polar surface area (TPSA) is 58.6 Å². The summed E-state index contributed by atoms with van der Waals surface area (Å²) in [7, 11) is 1.62. The van der Waals surface area contributed by atoms with Crippen LogP contribution in [0.25, 0.3) is 5.57 Å². The van der Waals surface area contributed by atoms with Crippen molar-refractivity contribution in [2.45, 2.75) is 20.3 Å². The summed E-state index contributed by atoms with van der Waals surface area (Å²) in [5.74, 6) is 0.232. The summed E-state index contributed by atoms with van der Waals surface area (Å²) in [5, 5.41) is 5.18. The second-order valence-corrected chi connectivity index (χ2v) is 8.48. The van der Waals surface area contributed by atoms with Gasteiger partial charge in [-0.25, -0.2) is 0 Å². The van der Waals surface area contributed by atoms with Gasteiger partial charge in [-0.05, 0) is 66.6 Å². The number of amides is 2. The molecule has 158 valence electrons. The van der Waals surface area contributed by atoms with Crippen LogP contribution in [0.15, 0.2) is 65.7 Å². The van der Waals surface area contributed by atoms with Gasteiger partial charge in [0.05, 0.1) is 12.7 Å². The maximum absolute atomic E-state index is 13.3. The van der Waals surface area contributed by atoms with Crippen LogP contribution in [0.4, 0.5) is 5.69 Å². The molecule has 0 saturated heterocycles. The molecule has 4 rings (SSSR count). The maximum atomic E-state index is 13.3. The third-order valence-corrected chi connectivity index (χ3v) is 6.26. The highest BCUT2D eigenvalue weighted by atomic mass is 32.1. The highest BCUT2D eigenvalue weighted by molar-refractivity contribution is 7.11. The Labute approximate surface area is 186 Å². The summed E-state index contributed by atoms with van der Waals surface area (Å²) in [6.45, 7) is 4.30. The Bertz CT molecular complexity index is 1150. The second kappa shape index (κ2) is 8.78. The van der Waals surface area contributed by atoms with Crippen LogP contribution >= 0.6 is 11.3 Å². The average molecular weight is 433 g/mol. The van der Waals surface area contributed by atoms with E-state index in [1.807, 2.05) is 73.8 Å². The average Bonchev–Trinajstić information content (AvgIpc) is 3.37. The van der Waals surface area contributed by atoms with E-state index in [4.69, 9.17) is 4.74 Å². The minimum Gasteiger partial charge on any atom is -0.497 e. The zero-order valence-electron chi connectivity index (χ0n) is 17.8. The smallest absolute Gasteiger partial charge is 0.278 e. The summed E-state index contributed by atoms with van der Waals surface area (Å²) >= 11 is 1.46. The number of rotatable bonds is 7. The van der Waals surface area contributed by atoms with Crippen LogP contribution in [0, 0.1) is 13.8 Å². The predicted molar refractivity (Wildman–Crippen MR) is 124 cm³/mol. The molecular weight excluding hydrogens is 408 g/mol. The molecule has 0 unspecified atom stereocenters. The van der Waals surface area contributed by atoms with E-state index in [1.165, 1.54) is 16.2 Å². The molecule has 1 aliphatic rings. The van der Waals surface area contributed by atoms with Crippen LogP contribution in [0.2, 0.25) is 0 Å². The number of imide groups is 1. The minimum absolute atomic E-state index is 0.256. The largest absolute Gasteiger partial charge is 0.497 e. The van der Waals surface area contributed by atoms with Crippen LogP contribution in [-0.2, 0) is 16.0 Å². The molecular formula is C25H24N2O3S. The van der Waals surface area contributed by atoms with Crippen molar-refractivity contribution >= 4 is 34.4 Å². The van der Waals surface area contributed by atoms with Crippen molar-refractivity contribution in [3.63, 3.8) is 0 Å². The van der Waals surface area contributed by atoms with Crippen LogP contribution in [-0.4, -0.2) is 30.4 Å². The minimum atomic E-state index is -0.289. The monoisotopic (exact) mass is 432 g/mol. The molecule has 0 bridgehead atoms. The predicted octanol–water partition coefficient (Wildman–Crippen LogP) is 4.81. The normalized spacial score (nSPS) is 13.8. The zero-order valence-corrected chi connectivity index (χ0v) is 18.6. The first-order valence-corrected chi connectivity index (χ1v) is 11.0. The molecule has 0 atom stereocenters. The van der Waals surface area contributed by atoms with Crippen LogP contribution in [0.3, 0.4) is 0 Å². The number of aryl methyl sites for hydroxylation is 2. The molecule has 6 heteroatoms. The number of carbonyl (C=O) groups is 2. The van der Waals surface area contributed by atoms with Gasteiger partial charge in [0.15, 0.2) is 0 Å². The van der Waals surface area contributed by atoms with Gasteiger partial charge in [-0.3, -0.25) is 14.5 Å². The summed E-state index contributed by atoms with van der Waals surface area (Å²) in [5.41, 5.74) is 4.75. The third kappa shape index (κ3) is 4.25. The van der Waals surface area contributed by atoms with E-state index < -0.39 is 0 Å². The molecule has 0 saturated carbocycles. The van der Waals surface area contributed by atoms with E-state index in [0.717, 1.165) is 33.0 Å². The van der Waals surface area contributed by atoms with Gasteiger partial charge in [0.2, 0.25) is 0 Å². The molecule has 1 aliphatic heterocycles. The molecule has 1 N–H and O–H groups in total. The quantitative estimate of drug-likeness (QED) is 0.545. The fraction of sp³-hybridized carbons (Fsp3) is 0.200. The first-order valence-electron chi connectivity index (χ1n) is 10.1.